The lowest BCUT2D eigenvalue weighted by Gasteiger charge is -2.32. The third-order valence-corrected chi connectivity index (χ3v) is 7.17. The predicted molar refractivity (Wildman–Crippen MR) is 133 cm³/mol. The molecule has 1 atom stereocenters. The van der Waals surface area contributed by atoms with Crippen LogP contribution in [0.5, 0.6) is 0 Å². The number of allylic oxidation sites excluding steroid dienone is 1. The van der Waals surface area contributed by atoms with E-state index in [0.717, 1.165) is 48.1 Å². The van der Waals surface area contributed by atoms with E-state index in [4.69, 9.17) is 19.0 Å². The molecule has 0 bridgehead atoms. The number of likely N-dealkylation sites (tertiary alicyclic amines) is 1. The first-order valence-electron chi connectivity index (χ1n) is 12.0. The third-order valence-electron chi connectivity index (χ3n) is 7.17. The Morgan fingerprint density at radius 3 is 2.45 bits per heavy atom. The normalized spacial score (nSPS) is 24.2. The number of carbonyl (C=O) groups is 1. The van der Waals surface area contributed by atoms with Crippen LogP contribution in [-0.2, 0) is 14.0 Å². The smallest absolute Gasteiger partial charge is 0.444 e. The quantitative estimate of drug-likeness (QED) is 0.614. The van der Waals surface area contributed by atoms with Crippen molar-refractivity contribution in [2.24, 2.45) is 4.99 Å². The molecule has 1 amide bonds. The second kappa shape index (κ2) is 8.28. The number of amides is 1. The molecule has 1 aromatic carbocycles. The van der Waals surface area contributed by atoms with Crippen LogP contribution in [0.3, 0.4) is 0 Å². The fourth-order valence-corrected chi connectivity index (χ4v) is 4.59. The maximum Gasteiger partial charge on any atom is 0.495 e. The predicted octanol–water partition coefficient (Wildman–Crippen LogP) is 4.88. The molecule has 0 saturated carbocycles. The van der Waals surface area contributed by atoms with Gasteiger partial charge in [0.2, 0.25) is 0 Å². The summed E-state index contributed by atoms with van der Waals surface area (Å²) in [7, 11) is -0.366. The number of ether oxygens (including phenoxy) is 1. The molecule has 7 heteroatoms. The Morgan fingerprint density at radius 1 is 1.18 bits per heavy atom. The lowest BCUT2D eigenvalue weighted by Crippen LogP contribution is -2.43. The molecule has 33 heavy (non-hydrogen) atoms. The number of hydrogen-bond donors (Lipinski definition) is 0. The maximum atomic E-state index is 12.7. The highest BCUT2D eigenvalue weighted by Crippen LogP contribution is 2.37. The lowest BCUT2D eigenvalue weighted by atomic mass is 9.75. The summed E-state index contributed by atoms with van der Waals surface area (Å²) in [6.45, 7) is 16.8. The van der Waals surface area contributed by atoms with Crippen molar-refractivity contribution in [1.82, 2.24) is 4.90 Å². The van der Waals surface area contributed by atoms with Crippen molar-refractivity contribution in [3.05, 3.63) is 35.5 Å². The minimum absolute atomic E-state index is 0.0127. The van der Waals surface area contributed by atoms with Gasteiger partial charge in [-0.05, 0) is 84.8 Å². The minimum Gasteiger partial charge on any atom is -0.444 e. The Hall–Kier alpha value is -2.12. The monoisotopic (exact) mass is 452 g/mol. The van der Waals surface area contributed by atoms with E-state index in [1.54, 1.807) is 0 Å². The molecule has 2 saturated heterocycles. The van der Waals surface area contributed by atoms with E-state index < -0.39 is 5.60 Å². The highest BCUT2D eigenvalue weighted by Gasteiger charge is 2.52. The van der Waals surface area contributed by atoms with E-state index in [0.29, 0.717) is 0 Å². The second-order valence-corrected chi connectivity index (χ2v) is 11.4. The lowest BCUT2D eigenvalue weighted by molar-refractivity contribution is 0.00578. The molecule has 1 aromatic rings. The van der Waals surface area contributed by atoms with Gasteiger partial charge >= 0.3 is 13.2 Å². The zero-order valence-electron chi connectivity index (χ0n) is 21.3. The molecule has 0 aliphatic carbocycles. The van der Waals surface area contributed by atoms with Crippen molar-refractivity contribution in [2.45, 2.75) is 97.5 Å². The summed E-state index contributed by atoms with van der Waals surface area (Å²) in [6.07, 6.45) is 4.35. The summed E-state index contributed by atoms with van der Waals surface area (Å²) in [5.74, 6) is 0. The molecular formula is C26H37BN2O4. The number of hydrogen-bond acceptors (Lipinski definition) is 5. The van der Waals surface area contributed by atoms with Gasteiger partial charge in [-0.1, -0.05) is 23.8 Å². The third kappa shape index (κ3) is 4.76. The number of nitrogens with zero attached hydrogens (tertiary/aromatic N) is 2. The van der Waals surface area contributed by atoms with E-state index in [9.17, 15) is 4.79 Å². The SMILES string of the molecule is Cc1cc(C2=CN=C([C@@H]3CCCN3C(=O)OC(C)(C)C)C2)ccc1B1OC(C)(C)C(C)(C)O1. The standard InChI is InChI=1S/C26H37BN2O4/c1-17-14-18(11-12-20(17)27-32-25(5,6)26(7,8)33-27)19-15-21(28-16-19)22-10-9-13-29(22)23(30)31-24(2,3)4/h11-12,14,16,22H,9-10,13,15H2,1-8H3/t22-/m0/s1. The molecule has 0 N–H and O–H groups in total. The maximum absolute atomic E-state index is 12.7. The van der Waals surface area contributed by atoms with Crippen LogP contribution in [0.25, 0.3) is 5.57 Å². The molecule has 2 fully saturated rings. The van der Waals surface area contributed by atoms with Gasteiger partial charge in [-0.15, -0.1) is 0 Å². The molecule has 4 rings (SSSR count). The largest absolute Gasteiger partial charge is 0.495 e. The van der Waals surface area contributed by atoms with Gasteiger partial charge in [0.1, 0.15) is 5.60 Å². The van der Waals surface area contributed by atoms with Gasteiger partial charge in [-0.25, -0.2) is 4.79 Å². The van der Waals surface area contributed by atoms with Crippen LogP contribution in [0.4, 0.5) is 4.79 Å². The van der Waals surface area contributed by atoms with Gasteiger partial charge in [0, 0.05) is 24.9 Å². The Bertz CT molecular complexity index is 990. The first-order valence-corrected chi connectivity index (χ1v) is 12.0. The summed E-state index contributed by atoms with van der Waals surface area (Å²) in [5, 5.41) is 0. The number of carbonyl (C=O) groups excluding carboxylic acids is 1. The van der Waals surface area contributed by atoms with Crippen LogP contribution < -0.4 is 5.46 Å². The fourth-order valence-electron chi connectivity index (χ4n) is 4.59. The number of aliphatic imine (C=N–C) groups is 1. The Labute approximate surface area is 198 Å². The van der Waals surface area contributed by atoms with Crippen LogP contribution in [0.15, 0.2) is 29.4 Å². The van der Waals surface area contributed by atoms with Crippen LogP contribution in [-0.4, -0.2) is 53.2 Å². The van der Waals surface area contributed by atoms with Gasteiger partial charge < -0.3 is 14.0 Å². The highest BCUT2D eigenvalue weighted by atomic mass is 16.7. The van der Waals surface area contributed by atoms with Crippen molar-refractivity contribution < 1.29 is 18.8 Å². The van der Waals surface area contributed by atoms with Crippen LogP contribution in [0, 0.1) is 6.92 Å². The summed E-state index contributed by atoms with van der Waals surface area (Å²) in [4.78, 5) is 19.3. The second-order valence-electron chi connectivity index (χ2n) is 11.4. The van der Waals surface area contributed by atoms with Crippen LogP contribution >= 0.6 is 0 Å². The Kier molecular flexibility index (Phi) is 6.03. The first kappa shape index (κ1) is 24.0. The summed E-state index contributed by atoms with van der Waals surface area (Å²) in [5.41, 5.74) is 4.34. The van der Waals surface area contributed by atoms with E-state index >= 15 is 0 Å². The van der Waals surface area contributed by atoms with Crippen LogP contribution in [0.2, 0.25) is 0 Å². The first-order chi connectivity index (χ1) is 15.3. The van der Waals surface area contributed by atoms with E-state index in [2.05, 4.69) is 52.8 Å². The zero-order chi connectivity index (χ0) is 24.2. The molecule has 6 nitrogen and oxygen atoms in total. The molecule has 0 unspecified atom stereocenters. The van der Waals surface area contributed by atoms with E-state index in [1.165, 1.54) is 5.57 Å². The van der Waals surface area contributed by atoms with Crippen molar-refractivity contribution in [3.63, 3.8) is 0 Å². The zero-order valence-corrected chi connectivity index (χ0v) is 21.3. The summed E-state index contributed by atoms with van der Waals surface area (Å²) < 4.78 is 18.1. The molecule has 0 radical (unpaired) electrons. The average molecular weight is 452 g/mol. The van der Waals surface area contributed by atoms with Crippen molar-refractivity contribution in [1.29, 1.82) is 0 Å². The molecule has 178 valence electrons. The molecule has 3 heterocycles. The fraction of sp³-hybridized carbons (Fsp3) is 0.615. The molecular weight excluding hydrogens is 415 g/mol. The summed E-state index contributed by atoms with van der Waals surface area (Å²) >= 11 is 0. The minimum atomic E-state index is -0.498. The molecule has 0 aromatic heterocycles. The average Bonchev–Trinajstić information content (AvgIpc) is 3.38. The summed E-state index contributed by atoms with van der Waals surface area (Å²) in [6, 6.07) is 6.43. The topological polar surface area (TPSA) is 60.4 Å². The number of benzene rings is 1. The molecule has 3 aliphatic heterocycles. The van der Waals surface area contributed by atoms with Crippen LogP contribution in [0.1, 0.15) is 78.9 Å². The highest BCUT2D eigenvalue weighted by molar-refractivity contribution is 6.62. The van der Waals surface area contributed by atoms with Crippen molar-refractivity contribution in [3.8, 4) is 0 Å². The van der Waals surface area contributed by atoms with Gasteiger partial charge in [-0.2, -0.15) is 0 Å². The van der Waals surface area contributed by atoms with Crippen molar-refractivity contribution >= 4 is 30.0 Å². The molecule has 3 aliphatic rings. The Balaban J connectivity index is 1.44. The van der Waals surface area contributed by atoms with Gasteiger partial charge in [-0.3, -0.25) is 9.89 Å². The molecule has 0 spiro atoms. The van der Waals surface area contributed by atoms with Crippen molar-refractivity contribution in [2.75, 3.05) is 6.54 Å². The van der Waals surface area contributed by atoms with Gasteiger partial charge in [0.05, 0.1) is 17.2 Å². The number of rotatable bonds is 3. The Morgan fingerprint density at radius 2 is 1.85 bits per heavy atom. The van der Waals surface area contributed by atoms with E-state index in [-0.39, 0.29) is 30.5 Å². The van der Waals surface area contributed by atoms with Gasteiger partial charge in [0.15, 0.2) is 0 Å². The number of aryl methyl sites for hydroxylation is 1. The van der Waals surface area contributed by atoms with Gasteiger partial charge in [0.25, 0.3) is 0 Å². The van der Waals surface area contributed by atoms with E-state index in [1.807, 2.05) is 31.9 Å².